The maximum Gasteiger partial charge on any atom is 0.313 e. The fraction of sp³-hybridized carbons (Fsp3) is 0.381. The van der Waals surface area contributed by atoms with Crippen molar-refractivity contribution in [1.82, 2.24) is 10.3 Å². The Morgan fingerprint density at radius 3 is 2.46 bits per heavy atom. The normalized spacial score (nSPS) is 11.8. The zero-order chi connectivity index (χ0) is 18.9. The summed E-state index contributed by atoms with van der Waals surface area (Å²) in [5.41, 5.74) is 2.68. The molecule has 1 aromatic carbocycles. The van der Waals surface area contributed by atoms with Crippen LogP contribution in [0.1, 0.15) is 48.2 Å². The first-order valence-electron chi connectivity index (χ1n) is 8.91. The van der Waals surface area contributed by atoms with Crippen molar-refractivity contribution in [3.8, 4) is 0 Å². The number of hydrogen-bond acceptors (Lipinski definition) is 4. The van der Waals surface area contributed by atoms with Gasteiger partial charge in [-0.3, -0.25) is 14.6 Å². The minimum atomic E-state index is -0.336. The van der Waals surface area contributed by atoms with Gasteiger partial charge in [0.1, 0.15) is 6.61 Å². The molecule has 0 spiro atoms. The van der Waals surface area contributed by atoms with E-state index in [0.717, 1.165) is 12.0 Å². The summed E-state index contributed by atoms with van der Waals surface area (Å²) in [5, 5.41) is 2.70. The molecule has 5 heteroatoms. The molecule has 0 aliphatic heterocycles. The lowest BCUT2D eigenvalue weighted by Crippen LogP contribution is -2.28. The van der Waals surface area contributed by atoms with Crippen LogP contribution in [0.3, 0.4) is 0 Å². The molecule has 0 fully saturated rings. The maximum absolute atomic E-state index is 12.2. The number of esters is 1. The molecule has 138 valence electrons. The van der Waals surface area contributed by atoms with E-state index in [1.54, 1.807) is 18.3 Å². The molecule has 1 amide bonds. The van der Waals surface area contributed by atoms with Crippen LogP contribution in [0, 0.1) is 5.92 Å². The Bertz CT molecular complexity index is 712. The van der Waals surface area contributed by atoms with Crippen molar-refractivity contribution in [3.63, 3.8) is 0 Å². The van der Waals surface area contributed by atoms with E-state index in [1.165, 1.54) is 11.8 Å². The predicted molar refractivity (Wildman–Crippen MR) is 101 cm³/mol. The second-order valence-corrected chi connectivity index (χ2v) is 6.73. The highest BCUT2D eigenvalue weighted by Gasteiger charge is 2.17. The van der Waals surface area contributed by atoms with Crippen molar-refractivity contribution >= 4 is 11.9 Å². The van der Waals surface area contributed by atoms with Crippen molar-refractivity contribution in [3.05, 3.63) is 65.5 Å². The van der Waals surface area contributed by atoms with Gasteiger partial charge in [-0.2, -0.15) is 0 Å². The highest BCUT2D eigenvalue weighted by molar-refractivity contribution is 5.93. The summed E-state index contributed by atoms with van der Waals surface area (Å²) < 4.78 is 5.27. The van der Waals surface area contributed by atoms with E-state index in [4.69, 9.17) is 4.74 Å². The summed E-state index contributed by atoms with van der Waals surface area (Å²) in [6.07, 6.45) is 4.12. The minimum absolute atomic E-state index is 0.139. The van der Waals surface area contributed by atoms with Crippen LogP contribution in [0.25, 0.3) is 0 Å². The van der Waals surface area contributed by atoms with Gasteiger partial charge in [-0.05, 0) is 42.5 Å². The van der Waals surface area contributed by atoms with Crippen LogP contribution in [-0.4, -0.2) is 30.0 Å². The molecule has 0 bridgehead atoms. The van der Waals surface area contributed by atoms with Crippen molar-refractivity contribution in [1.29, 1.82) is 0 Å². The Labute approximate surface area is 154 Å². The molecular weight excluding hydrogens is 328 g/mol. The molecule has 1 unspecified atom stereocenters. The van der Waals surface area contributed by atoms with Gasteiger partial charge in [0.25, 0.3) is 5.91 Å². The van der Waals surface area contributed by atoms with Crippen molar-refractivity contribution < 1.29 is 14.3 Å². The number of rotatable bonds is 8. The first kappa shape index (κ1) is 19.6. The maximum atomic E-state index is 12.2. The Morgan fingerprint density at radius 1 is 1.12 bits per heavy atom. The number of aromatic nitrogens is 1. The average molecular weight is 354 g/mol. The first-order chi connectivity index (χ1) is 12.5. The Hall–Kier alpha value is -2.69. The highest BCUT2D eigenvalue weighted by atomic mass is 16.5. The Balaban J connectivity index is 1.75. The Morgan fingerprint density at radius 2 is 1.85 bits per heavy atom. The predicted octanol–water partition coefficient (Wildman–Crippen LogP) is 3.36. The monoisotopic (exact) mass is 354 g/mol. The number of amides is 1. The molecule has 0 radical (unpaired) electrons. The summed E-state index contributed by atoms with van der Waals surface area (Å²) in [6, 6.07) is 11.5. The summed E-state index contributed by atoms with van der Waals surface area (Å²) in [5.74, 6) is -0.262. The molecule has 1 aromatic heterocycles. The molecule has 1 atom stereocenters. The number of carbonyl (C=O) groups is 2. The number of benzene rings is 1. The highest BCUT2D eigenvalue weighted by Crippen LogP contribution is 2.18. The summed E-state index contributed by atoms with van der Waals surface area (Å²) >= 11 is 0. The molecular formula is C21H26N2O3. The van der Waals surface area contributed by atoms with Crippen molar-refractivity contribution in [2.45, 2.75) is 33.1 Å². The standard InChI is InChI=1S/C21H26N2O3/c1-15(2)13-17-6-8-18(9-7-17)16(3)21(25)26-12-11-23-20(24)19-5-4-10-22-14-19/h4-10,14-16H,11-13H2,1-3H3,(H,23,24). The van der Waals surface area contributed by atoms with Crippen LogP contribution >= 0.6 is 0 Å². The zero-order valence-corrected chi connectivity index (χ0v) is 15.6. The molecule has 0 aliphatic carbocycles. The van der Waals surface area contributed by atoms with Gasteiger partial charge in [-0.25, -0.2) is 0 Å². The van der Waals surface area contributed by atoms with Crippen LogP contribution in [0.4, 0.5) is 0 Å². The summed E-state index contributed by atoms with van der Waals surface area (Å²) in [7, 11) is 0. The first-order valence-corrected chi connectivity index (χ1v) is 8.91. The van der Waals surface area contributed by atoms with Gasteiger partial charge >= 0.3 is 5.97 Å². The van der Waals surface area contributed by atoms with Crippen LogP contribution in [0.2, 0.25) is 0 Å². The molecule has 2 aromatic rings. The number of carbonyl (C=O) groups excluding carboxylic acids is 2. The van der Waals surface area contributed by atoms with Crippen LogP contribution in [0.5, 0.6) is 0 Å². The molecule has 1 N–H and O–H groups in total. The number of hydrogen-bond donors (Lipinski definition) is 1. The van der Waals surface area contributed by atoms with E-state index in [0.29, 0.717) is 11.5 Å². The largest absolute Gasteiger partial charge is 0.463 e. The molecule has 0 aliphatic rings. The van der Waals surface area contributed by atoms with E-state index >= 15 is 0 Å². The van der Waals surface area contributed by atoms with Gasteiger partial charge < -0.3 is 10.1 Å². The lowest BCUT2D eigenvalue weighted by atomic mass is 9.97. The zero-order valence-electron chi connectivity index (χ0n) is 15.6. The third kappa shape index (κ3) is 5.99. The molecule has 2 rings (SSSR count). The minimum Gasteiger partial charge on any atom is -0.463 e. The van der Waals surface area contributed by atoms with E-state index in [9.17, 15) is 9.59 Å². The smallest absolute Gasteiger partial charge is 0.313 e. The molecule has 26 heavy (non-hydrogen) atoms. The molecule has 1 heterocycles. The van der Waals surface area contributed by atoms with Crippen LogP contribution in [0.15, 0.2) is 48.8 Å². The average Bonchev–Trinajstić information content (AvgIpc) is 2.65. The van der Waals surface area contributed by atoms with Gasteiger partial charge in [0.05, 0.1) is 18.0 Å². The Kier molecular flexibility index (Phi) is 7.33. The number of pyridine rings is 1. The van der Waals surface area contributed by atoms with Gasteiger partial charge in [0, 0.05) is 12.4 Å². The van der Waals surface area contributed by atoms with E-state index in [2.05, 4.69) is 36.3 Å². The second kappa shape index (κ2) is 9.70. The molecule has 0 saturated heterocycles. The fourth-order valence-corrected chi connectivity index (χ4v) is 2.59. The van der Waals surface area contributed by atoms with E-state index in [1.807, 2.05) is 19.1 Å². The lowest BCUT2D eigenvalue weighted by Gasteiger charge is -2.13. The van der Waals surface area contributed by atoms with E-state index < -0.39 is 0 Å². The van der Waals surface area contributed by atoms with Crippen LogP contribution < -0.4 is 5.32 Å². The summed E-state index contributed by atoms with van der Waals surface area (Å²) in [4.78, 5) is 27.9. The fourth-order valence-electron chi connectivity index (χ4n) is 2.59. The third-order valence-corrected chi connectivity index (χ3v) is 4.03. The quantitative estimate of drug-likeness (QED) is 0.583. The molecule has 0 saturated carbocycles. The van der Waals surface area contributed by atoms with Crippen LogP contribution in [-0.2, 0) is 16.0 Å². The topological polar surface area (TPSA) is 68.3 Å². The van der Waals surface area contributed by atoms with Gasteiger partial charge in [-0.1, -0.05) is 38.1 Å². The van der Waals surface area contributed by atoms with Gasteiger partial charge in [-0.15, -0.1) is 0 Å². The number of nitrogens with zero attached hydrogens (tertiary/aromatic N) is 1. The molecule has 5 nitrogen and oxygen atoms in total. The van der Waals surface area contributed by atoms with E-state index in [-0.39, 0.29) is 30.9 Å². The lowest BCUT2D eigenvalue weighted by molar-refractivity contribution is -0.144. The van der Waals surface area contributed by atoms with Gasteiger partial charge in [0.2, 0.25) is 0 Å². The number of ether oxygens (including phenoxy) is 1. The third-order valence-electron chi connectivity index (χ3n) is 4.03. The SMILES string of the molecule is CC(C)Cc1ccc(C(C)C(=O)OCCNC(=O)c2cccnc2)cc1. The van der Waals surface area contributed by atoms with Crippen molar-refractivity contribution in [2.75, 3.05) is 13.2 Å². The van der Waals surface area contributed by atoms with Crippen molar-refractivity contribution in [2.24, 2.45) is 5.92 Å². The number of nitrogens with one attached hydrogen (secondary N) is 1. The summed E-state index contributed by atoms with van der Waals surface area (Å²) in [6.45, 7) is 6.59. The van der Waals surface area contributed by atoms with Gasteiger partial charge in [0.15, 0.2) is 0 Å². The second-order valence-electron chi connectivity index (χ2n) is 6.73.